The molecule has 0 spiro atoms. The van der Waals surface area contributed by atoms with Crippen LogP contribution in [0.15, 0.2) is 42.7 Å². The van der Waals surface area contributed by atoms with Crippen molar-refractivity contribution in [3.05, 3.63) is 53.9 Å². The van der Waals surface area contributed by atoms with Crippen molar-refractivity contribution in [3.63, 3.8) is 0 Å². The molecule has 0 bridgehead atoms. The van der Waals surface area contributed by atoms with Crippen molar-refractivity contribution in [1.29, 1.82) is 0 Å². The fourth-order valence-corrected chi connectivity index (χ4v) is 1.54. The molecule has 0 saturated carbocycles. The van der Waals surface area contributed by atoms with E-state index in [4.69, 9.17) is 5.73 Å². The van der Waals surface area contributed by atoms with E-state index in [1.54, 1.807) is 30.6 Å². The Bertz CT molecular complexity index is 553. The highest BCUT2D eigenvalue weighted by Crippen LogP contribution is 2.17. The zero-order valence-corrected chi connectivity index (χ0v) is 11.5. The summed E-state index contributed by atoms with van der Waals surface area (Å²) in [5.41, 5.74) is 8.47. The van der Waals surface area contributed by atoms with E-state index in [1.807, 2.05) is 32.9 Å². The number of anilines is 2. The van der Waals surface area contributed by atoms with Crippen molar-refractivity contribution < 1.29 is 4.79 Å². The van der Waals surface area contributed by atoms with Gasteiger partial charge < -0.3 is 11.1 Å². The first-order valence-corrected chi connectivity index (χ1v) is 6.24. The number of pyridine rings is 1. The molecule has 4 nitrogen and oxygen atoms in total. The van der Waals surface area contributed by atoms with Gasteiger partial charge in [-0.15, -0.1) is 0 Å². The van der Waals surface area contributed by atoms with Gasteiger partial charge in [-0.1, -0.05) is 19.9 Å². The molecule has 0 unspecified atom stereocenters. The topological polar surface area (TPSA) is 68.0 Å². The van der Waals surface area contributed by atoms with E-state index in [0.717, 1.165) is 16.9 Å². The van der Waals surface area contributed by atoms with Crippen LogP contribution in [0.1, 0.15) is 29.8 Å². The Morgan fingerprint density at radius 1 is 1.16 bits per heavy atom. The third kappa shape index (κ3) is 4.43. The third-order valence-corrected chi connectivity index (χ3v) is 2.31. The van der Waals surface area contributed by atoms with Crippen molar-refractivity contribution in [2.45, 2.75) is 20.8 Å². The largest absolute Gasteiger partial charge is 0.366 e. The number of nitrogens with zero attached hydrogens (tertiary/aromatic N) is 1. The number of carbonyl (C=O) groups is 1. The van der Waals surface area contributed by atoms with Crippen molar-refractivity contribution >= 4 is 17.3 Å². The minimum absolute atomic E-state index is 0.434. The van der Waals surface area contributed by atoms with Crippen LogP contribution in [0.3, 0.4) is 0 Å². The standard InChI is InChI=1S/C13H13N3O.C2H6/c1-9-5-12(8-15-7-9)16-11-4-2-3-10(6-11)13(14)17;1-2/h2-8,16H,1H3,(H2,14,17);1-2H3. The van der Waals surface area contributed by atoms with E-state index < -0.39 is 5.91 Å². The van der Waals surface area contributed by atoms with Gasteiger partial charge in [0.1, 0.15) is 0 Å². The van der Waals surface area contributed by atoms with E-state index in [2.05, 4.69) is 10.3 Å². The average molecular weight is 257 g/mol. The highest BCUT2D eigenvalue weighted by molar-refractivity contribution is 5.93. The maximum absolute atomic E-state index is 11.0. The Labute approximate surface area is 113 Å². The van der Waals surface area contributed by atoms with Crippen LogP contribution in [-0.4, -0.2) is 10.9 Å². The Kier molecular flexibility index (Phi) is 5.54. The first-order valence-electron chi connectivity index (χ1n) is 6.24. The number of hydrogen-bond acceptors (Lipinski definition) is 3. The minimum Gasteiger partial charge on any atom is -0.366 e. The van der Waals surface area contributed by atoms with E-state index >= 15 is 0 Å². The van der Waals surface area contributed by atoms with Crippen LogP contribution >= 0.6 is 0 Å². The predicted molar refractivity (Wildman–Crippen MR) is 78.6 cm³/mol. The van der Waals surface area contributed by atoms with E-state index in [9.17, 15) is 4.79 Å². The van der Waals surface area contributed by atoms with Gasteiger partial charge in [0.25, 0.3) is 0 Å². The molecule has 0 fully saturated rings. The number of rotatable bonds is 3. The van der Waals surface area contributed by atoms with Crippen molar-refractivity contribution in [2.75, 3.05) is 5.32 Å². The molecule has 1 aromatic heterocycles. The third-order valence-electron chi connectivity index (χ3n) is 2.31. The number of nitrogens with two attached hydrogens (primary N) is 1. The molecule has 19 heavy (non-hydrogen) atoms. The second-order valence-electron chi connectivity index (χ2n) is 3.82. The summed E-state index contributed by atoms with van der Waals surface area (Å²) in [6, 6.07) is 9.02. The highest BCUT2D eigenvalue weighted by atomic mass is 16.1. The fourth-order valence-electron chi connectivity index (χ4n) is 1.54. The SMILES string of the molecule is CC.Cc1cncc(Nc2cccc(C(N)=O)c2)c1. The summed E-state index contributed by atoms with van der Waals surface area (Å²) in [5, 5.41) is 3.17. The molecule has 2 rings (SSSR count). The summed E-state index contributed by atoms with van der Waals surface area (Å²) >= 11 is 0. The van der Waals surface area contributed by atoms with E-state index in [1.165, 1.54) is 0 Å². The average Bonchev–Trinajstić information content (AvgIpc) is 2.41. The van der Waals surface area contributed by atoms with Crippen molar-refractivity contribution in [1.82, 2.24) is 4.98 Å². The van der Waals surface area contributed by atoms with Crippen LogP contribution in [0.4, 0.5) is 11.4 Å². The first-order chi connectivity index (χ1) is 9.15. The summed E-state index contributed by atoms with van der Waals surface area (Å²) in [7, 11) is 0. The Morgan fingerprint density at radius 3 is 2.53 bits per heavy atom. The molecule has 0 atom stereocenters. The lowest BCUT2D eigenvalue weighted by atomic mass is 10.2. The summed E-state index contributed by atoms with van der Waals surface area (Å²) in [6.07, 6.45) is 3.51. The zero-order chi connectivity index (χ0) is 14.3. The molecular formula is C15H19N3O. The number of hydrogen-bond donors (Lipinski definition) is 2. The molecule has 1 amide bonds. The number of carbonyl (C=O) groups excluding carboxylic acids is 1. The van der Waals surface area contributed by atoms with Gasteiger partial charge in [0.15, 0.2) is 0 Å². The molecular weight excluding hydrogens is 238 g/mol. The fraction of sp³-hybridized carbons (Fsp3) is 0.200. The molecule has 0 aliphatic heterocycles. The monoisotopic (exact) mass is 257 g/mol. The maximum atomic E-state index is 11.0. The summed E-state index contributed by atoms with van der Waals surface area (Å²) in [5.74, 6) is -0.434. The van der Waals surface area contributed by atoms with Crippen LogP contribution in [0, 0.1) is 6.92 Å². The molecule has 2 aromatic rings. The van der Waals surface area contributed by atoms with Gasteiger partial charge in [-0.25, -0.2) is 0 Å². The number of amides is 1. The summed E-state index contributed by atoms with van der Waals surface area (Å²) in [4.78, 5) is 15.1. The number of primary amides is 1. The molecule has 1 aromatic carbocycles. The quantitative estimate of drug-likeness (QED) is 0.886. The van der Waals surface area contributed by atoms with Gasteiger partial charge in [-0.2, -0.15) is 0 Å². The molecule has 4 heteroatoms. The first kappa shape index (κ1) is 14.7. The van der Waals surface area contributed by atoms with Crippen LogP contribution in [-0.2, 0) is 0 Å². The van der Waals surface area contributed by atoms with Crippen LogP contribution in [0.5, 0.6) is 0 Å². The molecule has 0 saturated heterocycles. The Morgan fingerprint density at radius 2 is 1.89 bits per heavy atom. The van der Waals surface area contributed by atoms with Gasteiger partial charge in [0.2, 0.25) is 5.91 Å². The lowest BCUT2D eigenvalue weighted by Gasteiger charge is -2.07. The van der Waals surface area contributed by atoms with E-state index in [0.29, 0.717) is 5.56 Å². The smallest absolute Gasteiger partial charge is 0.248 e. The van der Waals surface area contributed by atoms with Gasteiger partial charge in [-0.3, -0.25) is 9.78 Å². The van der Waals surface area contributed by atoms with Crippen LogP contribution in [0.2, 0.25) is 0 Å². The minimum atomic E-state index is -0.434. The van der Waals surface area contributed by atoms with Gasteiger partial charge in [0.05, 0.1) is 11.9 Å². The number of aromatic nitrogens is 1. The van der Waals surface area contributed by atoms with E-state index in [-0.39, 0.29) is 0 Å². The second kappa shape index (κ2) is 7.16. The Balaban J connectivity index is 0.000000861. The number of nitrogens with one attached hydrogen (secondary N) is 1. The molecule has 0 radical (unpaired) electrons. The highest BCUT2D eigenvalue weighted by Gasteiger charge is 2.01. The second-order valence-corrected chi connectivity index (χ2v) is 3.82. The van der Waals surface area contributed by atoms with Gasteiger partial charge >= 0.3 is 0 Å². The van der Waals surface area contributed by atoms with Gasteiger partial charge in [0, 0.05) is 17.4 Å². The molecule has 3 N–H and O–H groups in total. The molecule has 0 aliphatic carbocycles. The van der Waals surface area contributed by atoms with Gasteiger partial charge in [-0.05, 0) is 36.8 Å². The van der Waals surface area contributed by atoms with Crippen molar-refractivity contribution in [3.8, 4) is 0 Å². The molecule has 100 valence electrons. The van der Waals surface area contributed by atoms with Crippen LogP contribution in [0.25, 0.3) is 0 Å². The Hall–Kier alpha value is -2.36. The lowest BCUT2D eigenvalue weighted by Crippen LogP contribution is -2.10. The molecule has 0 aliphatic rings. The number of benzene rings is 1. The van der Waals surface area contributed by atoms with Crippen molar-refractivity contribution in [2.24, 2.45) is 5.73 Å². The van der Waals surface area contributed by atoms with Crippen LogP contribution < -0.4 is 11.1 Å². The zero-order valence-electron chi connectivity index (χ0n) is 11.5. The predicted octanol–water partition coefficient (Wildman–Crippen LogP) is 3.26. The normalized spacial score (nSPS) is 9.21. The summed E-state index contributed by atoms with van der Waals surface area (Å²) < 4.78 is 0. The molecule has 1 heterocycles. The summed E-state index contributed by atoms with van der Waals surface area (Å²) in [6.45, 7) is 5.97. The maximum Gasteiger partial charge on any atom is 0.248 e. The lowest BCUT2D eigenvalue weighted by molar-refractivity contribution is 0.100. The number of aryl methyl sites for hydroxylation is 1.